The van der Waals surface area contributed by atoms with Crippen LogP contribution in [-0.4, -0.2) is 28.3 Å². The molecule has 9 heteroatoms. The number of allylic oxidation sites excluding steroid dienone is 1. The number of rotatable bonds is 8. The zero-order valence-corrected chi connectivity index (χ0v) is 17.5. The summed E-state index contributed by atoms with van der Waals surface area (Å²) in [6.45, 7) is 4.07. The number of halogens is 1. The predicted octanol–water partition coefficient (Wildman–Crippen LogP) is 4.43. The molecule has 0 radical (unpaired) electrons. The van der Waals surface area contributed by atoms with E-state index in [2.05, 4.69) is 16.9 Å². The second-order valence-corrected chi connectivity index (χ2v) is 8.14. The van der Waals surface area contributed by atoms with Crippen LogP contribution in [-0.2, 0) is 11.3 Å². The number of benzene rings is 1. The van der Waals surface area contributed by atoms with E-state index in [1.165, 1.54) is 30.2 Å². The summed E-state index contributed by atoms with van der Waals surface area (Å²) in [6.07, 6.45) is 1.90. The van der Waals surface area contributed by atoms with Gasteiger partial charge < -0.3 is 10.1 Å². The van der Waals surface area contributed by atoms with Gasteiger partial charge in [0, 0.05) is 23.7 Å². The molecule has 2 heterocycles. The van der Waals surface area contributed by atoms with Gasteiger partial charge in [-0.15, -0.1) is 17.9 Å². The van der Waals surface area contributed by atoms with Gasteiger partial charge in [-0.05, 0) is 29.6 Å². The molecule has 6 nitrogen and oxygen atoms in total. The van der Waals surface area contributed by atoms with Crippen molar-refractivity contribution < 1.29 is 9.53 Å². The Bertz CT molecular complexity index is 1080. The number of fused-ring (bicyclic) bond motifs is 1. The van der Waals surface area contributed by atoms with E-state index >= 15 is 0 Å². The van der Waals surface area contributed by atoms with Gasteiger partial charge in [0.25, 0.3) is 5.56 Å². The largest absolute Gasteiger partial charge is 0.495 e. The molecule has 0 saturated heterocycles. The van der Waals surface area contributed by atoms with E-state index in [1.807, 2.05) is 11.4 Å². The number of nitrogens with one attached hydrogen (secondary N) is 1. The standard InChI is InChI=1S/C19H18ClN3O3S2/c1-3-8-23-18(25)17-13(6-9-27-17)22-19(23)28-10-7-16(24)21-14-11-12(20)4-5-15(14)26-2/h3-6,9,11H,1,7-8,10H2,2H3,(H,21,24). The minimum absolute atomic E-state index is 0.0875. The predicted molar refractivity (Wildman–Crippen MR) is 116 cm³/mol. The van der Waals surface area contributed by atoms with Crippen molar-refractivity contribution in [2.45, 2.75) is 18.1 Å². The molecule has 0 atom stereocenters. The van der Waals surface area contributed by atoms with Gasteiger partial charge in [0.2, 0.25) is 5.91 Å². The normalized spacial score (nSPS) is 10.8. The van der Waals surface area contributed by atoms with E-state index < -0.39 is 0 Å². The van der Waals surface area contributed by atoms with Crippen molar-refractivity contribution in [2.75, 3.05) is 18.2 Å². The first-order chi connectivity index (χ1) is 13.5. The van der Waals surface area contributed by atoms with Crippen LogP contribution in [0, 0.1) is 0 Å². The number of thiophene rings is 1. The van der Waals surface area contributed by atoms with Crippen LogP contribution < -0.4 is 15.6 Å². The number of carbonyl (C=O) groups excluding carboxylic acids is 1. The Labute approximate surface area is 175 Å². The van der Waals surface area contributed by atoms with E-state index in [1.54, 1.807) is 28.8 Å². The van der Waals surface area contributed by atoms with Gasteiger partial charge in [0.1, 0.15) is 10.4 Å². The molecule has 0 aliphatic heterocycles. The number of aromatic nitrogens is 2. The molecule has 1 N–H and O–H groups in total. The number of nitrogens with zero attached hydrogens (tertiary/aromatic N) is 2. The van der Waals surface area contributed by atoms with Gasteiger partial charge in [0.15, 0.2) is 5.16 Å². The SMILES string of the molecule is C=CCn1c(SCCC(=O)Nc2cc(Cl)ccc2OC)nc2ccsc2c1=O. The lowest BCUT2D eigenvalue weighted by Crippen LogP contribution is -2.22. The van der Waals surface area contributed by atoms with Crippen LogP contribution in [0.5, 0.6) is 5.75 Å². The molecule has 0 aliphatic carbocycles. The summed E-state index contributed by atoms with van der Waals surface area (Å²) in [6, 6.07) is 6.85. The van der Waals surface area contributed by atoms with Crippen LogP contribution >= 0.6 is 34.7 Å². The van der Waals surface area contributed by atoms with Crippen LogP contribution in [0.2, 0.25) is 5.02 Å². The number of carbonyl (C=O) groups is 1. The second-order valence-electron chi connectivity index (χ2n) is 5.73. The van der Waals surface area contributed by atoms with Crippen LogP contribution in [0.1, 0.15) is 6.42 Å². The zero-order chi connectivity index (χ0) is 20.1. The number of amides is 1. The Morgan fingerprint density at radius 3 is 3.04 bits per heavy atom. The van der Waals surface area contributed by atoms with Crippen molar-refractivity contribution in [3.63, 3.8) is 0 Å². The Morgan fingerprint density at radius 1 is 1.46 bits per heavy atom. The first-order valence-electron chi connectivity index (χ1n) is 8.38. The number of hydrogen-bond donors (Lipinski definition) is 1. The van der Waals surface area contributed by atoms with Gasteiger partial charge in [-0.1, -0.05) is 29.4 Å². The smallest absolute Gasteiger partial charge is 0.272 e. The number of thioether (sulfide) groups is 1. The monoisotopic (exact) mass is 435 g/mol. The van der Waals surface area contributed by atoms with Gasteiger partial charge >= 0.3 is 0 Å². The molecular weight excluding hydrogens is 418 g/mol. The Morgan fingerprint density at radius 2 is 2.29 bits per heavy atom. The molecule has 0 fully saturated rings. The molecule has 1 amide bonds. The van der Waals surface area contributed by atoms with Crippen LogP contribution in [0.3, 0.4) is 0 Å². The molecule has 28 heavy (non-hydrogen) atoms. The zero-order valence-electron chi connectivity index (χ0n) is 15.1. The summed E-state index contributed by atoms with van der Waals surface area (Å²) in [5, 5.41) is 5.72. The highest BCUT2D eigenvalue weighted by Gasteiger charge is 2.13. The van der Waals surface area contributed by atoms with Gasteiger partial charge in [-0.2, -0.15) is 0 Å². The fourth-order valence-corrected chi connectivity index (χ4v) is 4.45. The van der Waals surface area contributed by atoms with Crippen molar-refractivity contribution in [3.8, 4) is 5.75 Å². The summed E-state index contributed by atoms with van der Waals surface area (Å²) in [5.41, 5.74) is 1.10. The molecule has 0 unspecified atom stereocenters. The molecule has 1 aromatic carbocycles. The van der Waals surface area contributed by atoms with Crippen LogP contribution in [0.15, 0.2) is 52.3 Å². The van der Waals surface area contributed by atoms with Gasteiger partial charge in [-0.3, -0.25) is 14.2 Å². The van der Waals surface area contributed by atoms with Crippen LogP contribution in [0.4, 0.5) is 5.69 Å². The van der Waals surface area contributed by atoms with Crippen molar-refractivity contribution >= 4 is 56.5 Å². The molecule has 146 valence electrons. The third kappa shape index (κ3) is 4.57. The number of anilines is 1. The molecule has 0 saturated carbocycles. The minimum atomic E-state index is -0.178. The third-order valence-corrected chi connectivity index (χ3v) is 5.94. The second kappa shape index (κ2) is 9.27. The number of methoxy groups -OCH3 is 1. The van der Waals surface area contributed by atoms with Crippen molar-refractivity contribution in [1.82, 2.24) is 9.55 Å². The van der Waals surface area contributed by atoms with E-state index in [0.29, 0.717) is 44.1 Å². The maximum atomic E-state index is 12.6. The molecule has 0 bridgehead atoms. The van der Waals surface area contributed by atoms with E-state index in [9.17, 15) is 9.59 Å². The van der Waals surface area contributed by atoms with Gasteiger partial charge in [0.05, 0.1) is 18.3 Å². The maximum Gasteiger partial charge on any atom is 0.272 e. The fraction of sp³-hybridized carbons (Fsp3) is 0.211. The van der Waals surface area contributed by atoms with Crippen LogP contribution in [0.25, 0.3) is 10.2 Å². The Hall–Kier alpha value is -2.29. The quantitative estimate of drug-likeness (QED) is 0.322. The molecule has 3 aromatic rings. The number of ether oxygens (including phenoxy) is 1. The van der Waals surface area contributed by atoms with E-state index in [0.717, 1.165) is 0 Å². The lowest BCUT2D eigenvalue weighted by atomic mass is 10.3. The average Bonchev–Trinajstić information content (AvgIpc) is 3.14. The Kier molecular flexibility index (Phi) is 6.77. The van der Waals surface area contributed by atoms with E-state index in [-0.39, 0.29) is 17.9 Å². The topological polar surface area (TPSA) is 73.2 Å². The first-order valence-corrected chi connectivity index (χ1v) is 10.6. The highest BCUT2D eigenvalue weighted by Crippen LogP contribution is 2.28. The fourth-order valence-electron chi connectivity index (χ4n) is 2.55. The highest BCUT2D eigenvalue weighted by molar-refractivity contribution is 7.99. The van der Waals surface area contributed by atoms with E-state index in [4.69, 9.17) is 16.3 Å². The van der Waals surface area contributed by atoms with Crippen molar-refractivity contribution in [2.24, 2.45) is 0 Å². The number of hydrogen-bond acceptors (Lipinski definition) is 6. The molecule has 0 spiro atoms. The lowest BCUT2D eigenvalue weighted by Gasteiger charge is -2.11. The maximum absolute atomic E-state index is 12.6. The Balaban J connectivity index is 1.69. The highest BCUT2D eigenvalue weighted by atomic mass is 35.5. The average molecular weight is 436 g/mol. The molecular formula is C19H18ClN3O3S2. The van der Waals surface area contributed by atoms with Crippen molar-refractivity contribution in [3.05, 3.63) is 57.7 Å². The van der Waals surface area contributed by atoms with Gasteiger partial charge in [-0.25, -0.2) is 4.98 Å². The molecule has 3 rings (SSSR count). The summed E-state index contributed by atoms with van der Waals surface area (Å²) in [4.78, 5) is 29.5. The molecule has 0 aliphatic rings. The third-order valence-electron chi connectivity index (χ3n) is 3.84. The summed E-state index contributed by atoms with van der Waals surface area (Å²) >= 11 is 8.72. The summed E-state index contributed by atoms with van der Waals surface area (Å²) in [5.74, 6) is 0.825. The minimum Gasteiger partial charge on any atom is -0.495 e. The van der Waals surface area contributed by atoms with Crippen molar-refractivity contribution in [1.29, 1.82) is 0 Å². The lowest BCUT2D eigenvalue weighted by molar-refractivity contribution is -0.115. The summed E-state index contributed by atoms with van der Waals surface area (Å²) in [7, 11) is 1.53. The molecule has 2 aromatic heterocycles. The summed E-state index contributed by atoms with van der Waals surface area (Å²) < 4.78 is 7.43. The first kappa shape index (κ1) is 20.4.